The number of nitrogens with one attached hydrogen (secondary N) is 1. The molecule has 0 aromatic heterocycles. The molecular formula is C11H23N3O. The minimum Gasteiger partial charge on any atom is -0.356 e. The number of likely N-dealkylation sites (tertiary alicyclic amines) is 1. The van der Waals surface area contributed by atoms with Crippen molar-refractivity contribution in [2.24, 2.45) is 11.7 Å². The fourth-order valence-electron chi connectivity index (χ4n) is 2.15. The van der Waals surface area contributed by atoms with Gasteiger partial charge in [-0.25, -0.2) is 0 Å². The summed E-state index contributed by atoms with van der Waals surface area (Å²) in [6, 6.07) is 0.224. The van der Waals surface area contributed by atoms with Crippen LogP contribution < -0.4 is 11.1 Å². The number of hydrogen-bond donors (Lipinski definition) is 2. The predicted octanol–water partition coefficient (Wildman–Crippen LogP) is 0.182. The zero-order valence-corrected chi connectivity index (χ0v) is 9.83. The van der Waals surface area contributed by atoms with Crippen LogP contribution in [-0.2, 0) is 4.79 Å². The van der Waals surface area contributed by atoms with Gasteiger partial charge in [0.1, 0.15) is 0 Å². The number of hydrogen-bond acceptors (Lipinski definition) is 3. The molecular weight excluding hydrogens is 190 g/mol. The van der Waals surface area contributed by atoms with E-state index in [1.807, 2.05) is 6.92 Å². The SMILES string of the molecule is CCNC(=O)CC(CN)N1CCC(C)C1. The van der Waals surface area contributed by atoms with Gasteiger partial charge in [0.15, 0.2) is 0 Å². The Morgan fingerprint density at radius 2 is 2.40 bits per heavy atom. The maximum absolute atomic E-state index is 11.5. The molecule has 88 valence electrons. The van der Waals surface area contributed by atoms with E-state index in [9.17, 15) is 4.79 Å². The molecule has 0 saturated carbocycles. The van der Waals surface area contributed by atoms with Gasteiger partial charge in [0.25, 0.3) is 0 Å². The second kappa shape index (κ2) is 6.08. The van der Waals surface area contributed by atoms with Gasteiger partial charge in [-0.1, -0.05) is 6.92 Å². The Kier molecular flexibility index (Phi) is 5.05. The van der Waals surface area contributed by atoms with Gasteiger partial charge in [-0.05, 0) is 25.8 Å². The largest absolute Gasteiger partial charge is 0.356 e. The van der Waals surface area contributed by atoms with Crippen LogP contribution in [0, 0.1) is 5.92 Å². The number of amides is 1. The quantitative estimate of drug-likeness (QED) is 0.685. The van der Waals surface area contributed by atoms with E-state index in [0.717, 1.165) is 19.0 Å². The summed E-state index contributed by atoms with van der Waals surface area (Å²) < 4.78 is 0. The highest BCUT2D eigenvalue weighted by Gasteiger charge is 2.26. The van der Waals surface area contributed by atoms with E-state index in [1.165, 1.54) is 6.42 Å². The van der Waals surface area contributed by atoms with E-state index < -0.39 is 0 Å². The van der Waals surface area contributed by atoms with E-state index in [0.29, 0.717) is 19.5 Å². The minimum atomic E-state index is 0.118. The fourth-order valence-corrected chi connectivity index (χ4v) is 2.15. The smallest absolute Gasteiger partial charge is 0.221 e. The van der Waals surface area contributed by atoms with Crippen LogP contribution in [0.4, 0.5) is 0 Å². The Hall–Kier alpha value is -0.610. The van der Waals surface area contributed by atoms with Gasteiger partial charge in [-0.15, -0.1) is 0 Å². The van der Waals surface area contributed by atoms with Crippen LogP contribution in [0.2, 0.25) is 0 Å². The lowest BCUT2D eigenvalue weighted by molar-refractivity contribution is -0.122. The zero-order chi connectivity index (χ0) is 11.3. The van der Waals surface area contributed by atoms with Crippen LogP contribution in [0.3, 0.4) is 0 Å². The average molecular weight is 213 g/mol. The van der Waals surface area contributed by atoms with Crippen LogP contribution in [0.1, 0.15) is 26.7 Å². The normalized spacial score (nSPS) is 24.1. The molecule has 0 bridgehead atoms. The van der Waals surface area contributed by atoms with Crippen molar-refractivity contribution in [3.05, 3.63) is 0 Å². The fraction of sp³-hybridized carbons (Fsp3) is 0.909. The second-order valence-electron chi connectivity index (χ2n) is 4.44. The first-order valence-corrected chi connectivity index (χ1v) is 5.88. The summed E-state index contributed by atoms with van der Waals surface area (Å²) >= 11 is 0. The molecule has 2 unspecified atom stereocenters. The topological polar surface area (TPSA) is 58.4 Å². The molecule has 1 amide bonds. The summed E-state index contributed by atoms with van der Waals surface area (Å²) in [5, 5.41) is 2.82. The molecule has 0 aliphatic carbocycles. The van der Waals surface area contributed by atoms with Gasteiger partial charge in [0, 0.05) is 32.1 Å². The standard InChI is InChI=1S/C11H23N3O/c1-3-13-11(15)6-10(7-12)14-5-4-9(2)8-14/h9-10H,3-8,12H2,1-2H3,(H,13,15). The van der Waals surface area contributed by atoms with E-state index in [1.54, 1.807) is 0 Å². The Balaban J connectivity index is 2.38. The number of nitrogens with two attached hydrogens (primary N) is 1. The molecule has 4 nitrogen and oxygen atoms in total. The molecule has 0 radical (unpaired) electrons. The molecule has 0 spiro atoms. The molecule has 2 atom stereocenters. The van der Waals surface area contributed by atoms with Gasteiger partial charge in [-0.3, -0.25) is 9.69 Å². The van der Waals surface area contributed by atoms with E-state index >= 15 is 0 Å². The maximum Gasteiger partial charge on any atom is 0.221 e. The predicted molar refractivity (Wildman–Crippen MR) is 61.5 cm³/mol. The Morgan fingerprint density at radius 3 is 2.87 bits per heavy atom. The van der Waals surface area contributed by atoms with Crippen molar-refractivity contribution < 1.29 is 4.79 Å². The van der Waals surface area contributed by atoms with Crippen LogP contribution in [-0.4, -0.2) is 43.0 Å². The van der Waals surface area contributed by atoms with E-state index in [-0.39, 0.29) is 11.9 Å². The summed E-state index contributed by atoms with van der Waals surface area (Å²) in [4.78, 5) is 13.8. The number of carbonyl (C=O) groups excluding carboxylic acids is 1. The van der Waals surface area contributed by atoms with Crippen molar-refractivity contribution in [1.82, 2.24) is 10.2 Å². The summed E-state index contributed by atoms with van der Waals surface area (Å²) in [5.41, 5.74) is 5.72. The summed E-state index contributed by atoms with van der Waals surface area (Å²) in [7, 11) is 0. The Labute approximate surface area is 92.2 Å². The number of nitrogens with zero attached hydrogens (tertiary/aromatic N) is 1. The molecule has 3 N–H and O–H groups in total. The Bertz CT molecular complexity index is 208. The molecule has 0 aromatic rings. The van der Waals surface area contributed by atoms with Gasteiger partial charge < -0.3 is 11.1 Å². The highest BCUT2D eigenvalue weighted by molar-refractivity contribution is 5.76. The lowest BCUT2D eigenvalue weighted by Gasteiger charge is -2.25. The first kappa shape index (κ1) is 12.5. The third kappa shape index (κ3) is 3.80. The minimum absolute atomic E-state index is 0.118. The molecule has 1 aliphatic heterocycles. The molecule has 1 saturated heterocycles. The molecule has 4 heteroatoms. The van der Waals surface area contributed by atoms with Crippen molar-refractivity contribution in [3.8, 4) is 0 Å². The monoisotopic (exact) mass is 213 g/mol. The zero-order valence-electron chi connectivity index (χ0n) is 9.83. The van der Waals surface area contributed by atoms with Crippen molar-refractivity contribution in [1.29, 1.82) is 0 Å². The van der Waals surface area contributed by atoms with Gasteiger partial charge in [-0.2, -0.15) is 0 Å². The first-order chi connectivity index (χ1) is 7.17. The van der Waals surface area contributed by atoms with E-state index in [2.05, 4.69) is 17.1 Å². The molecule has 1 fully saturated rings. The van der Waals surface area contributed by atoms with Gasteiger partial charge in [0.05, 0.1) is 0 Å². The summed E-state index contributed by atoms with van der Waals surface area (Å²) in [5.74, 6) is 0.862. The highest BCUT2D eigenvalue weighted by atomic mass is 16.1. The average Bonchev–Trinajstić information content (AvgIpc) is 2.61. The number of carbonyl (C=O) groups is 1. The Morgan fingerprint density at radius 1 is 1.67 bits per heavy atom. The van der Waals surface area contributed by atoms with Crippen molar-refractivity contribution in [2.75, 3.05) is 26.2 Å². The first-order valence-electron chi connectivity index (χ1n) is 5.88. The highest BCUT2D eigenvalue weighted by Crippen LogP contribution is 2.18. The second-order valence-corrected chi connectivity index (χ2v) is 4.44. The third-order valence-electron chi connectivity index (χ3n) is 3.04. The molecule has 1 rings (SSSR count). The van der Waals surface area contributed by atoms with Crippen LogP contribution in [0.5, 0.6) is 0 Å². The van der Waals surface area contributed by atoms with Crippen molar-refractivity contribution >= 4 is 5.91 Å². The van der Waals surface area contributed by atoms with Crippen LogP contribution >= 0.6 is 0 Å². The summed E-state index contributed by atoms with van der Waals surface area (Å²) in [6.45, 7) is 7.63. The lowest BCUT2D eigenvalue weighted by Crippen LogP contribution is -2.42. The van der Waals surface area contributed by atoms with Crippen molar-refractivity contribution in [3.63, 3.8) is 0 Å². The van der Waals surface area contributed by atoms with Crippen LogP contribution in [0.25, 0.3) is 0 Å². The van der Waals surface area contributed by atoms with E-state index in [4.69, 9.17) is 5.73 Å². The lowest BCUT2D eigenvalue weighted by atomic mass is 10.1. The van der Waals surface area contributed by atoms with Crippen LogP contribution in [0.15, 0.2) is 0 Å². The number of rotatable bonds is 5. The molecule has 1 aliphatic rings. The molecule has 15 heavy (non-hydrogen) atoms. The molecule has 1 heterocycles. The third-order valence-corrected chi connectivity index (χ3v) is 3.04. The summed E-state index contributed by atoms with van der Waals surface area (Å²) in [6.07, 6.45) is 1.77. The van der Waals surface area contributed by atoms with Gasteiger partial charge >= 0.3 is 0 Å². The van der Waals surface area contributed by atoms with Crippen molar-refractivity contribution in [2.45, 2.75) is 32.7 Å². The van der Waals surface area contributed by atoms with Gasteiger partial charge in [0.2, 0.25) is 5.91 Å². The maximum atomic E-state index is 11.5. The molecule has 0 aromatic carbocycles.